The maximum Gasteiger partial charge on any atom is 0.303 e. The largest absolute Gasteiger partial charge is 0.481 e. The summed E-state index contributed by atoms with van der Waals surface area (Å²) >= 11 is 0. The van der Waals surface area contributed by atoms with Crippen LogP contribution >= 0.6 is 0 Å². The Morgan fingerprint density at radius 1 is 1.29 bits per heavy atom. The third kappa shape index (κ3) is 3.36. The molecule has 0 atom stereocenters. The van der Waals surface area contributed by atoms with Crippen LogP contribution in [-0.2, 0) is 4.79 Å². The number of rotatable bonds is 3. The zero-order chi connectivity index (χ0) is 14.7. The molecular formula is C17H24N2O2. The predicted molar refractivity (Wildman–Crippen MR) is 82.3 cm³/mol. The number of hydrogen-bond acceptors (Lipinski definition) is 3. The standard InChI is InChI=1S/C17H24N2O2/c20-16(21)12-14-3-5-17(6-4-14)7-10-19(11-8-17)15-2-1-9-18-13-15/h1-2,9,13-14H,3-8,10-12H2,(H,20,21). The van der Waals surface area contributed by atoms with Crippen molar-refractivity contribution in [2.75, 3.05) is 18.0 Å². The van der Waals surface area contributed by atoms with Crippen molar-refractivity contribution in [2.45, 2.75) is 44.9 Å². The van der Waals surface area contributed by atoms with Crippen LogP contribution in [0, 0.1) is 11.3 Å². The molecule has 1 N–H and O–H groups in total. The van der Waals surface area contributed by atoms with Gasteiger partial charge in [-0.25, -0.2) is 0 Å². The minimum absolute atomic E-state index is 0.359. The van der Waals surface area contributed by atoms with Crippen molar-refractivity contribution in [2.24, 2.45) is 11.3 Å². The maximum atomic E-state index is 10.8. The molecule has 0 unspecified atom stereocenters. The van der Waals surface area contributed by atoms with Crippen molar-refractivity contribution in [3.8, 4) is 0 Å². The summed E-state index contributed by atoms with van der Waals surface area (Å²) in [6.45, 7) is 2.21. The molecule has 0 radical (unpaired) electrons. The molecule has 114 valence electrons. The molecule has 1 spiro atoms. The Morgan fingerprint density at radius 3 is 2.57 bits per heavy atom. The summed E-state index contributed by atoms with van der Waals surface area (Å²) in [4.78, 5) is 17.5. The number of carboxylic acid groups (broad SMARTS) is 1. The SMILES string of the molecule is O=C(O)CC1CCC2(CC1)CCN(c1cccnc1)CC2. The molecular weight excluding hydrogens is 264 g/mol. The van der Waals surface area contributed by atoms with Crippen LogP contribution < -0.4 is 4.90 Å². The van der Waals surface area contributed by atoms with Crippen LogP contribution in [0.3, 0.4) is 0 Å². The molecule has 0 bridgehead atoms. The first-order chi connectivity index (χ1) is 10.2. The number of aromatic nitrogens is 1. The molecule has 21 heavy (non-hydrogen) atoms. The first-order valence-corrected chi connectivity index (χ1v) is 8.04. The summed E-state index contributed by atoms with van der Waals surface area (Å²) in [6, 6.07) is 4.13. The first-order valence-electron chi connectivity index (χ1n) is 8.04. The minimum atomic E-state index is -0.637. The Morgan fingerprint density at radius 2 is 2.00 bits per heavy atom. The average Bonchev–Trinajstić information content (AvgIpc) is 2.51. The number of carbonyl (C=O) groups is 1. The number of carboxylic acids is 1. The summed E-state index contributed by atoms with van der Waals surface area (Å²) in [5.41, 5.74) is 1.71. The zero-order valence-corrected chi connectivity index (χ0v) is 12.5. The second kappa shape index (κ2) is 6.04. The maximum absolute atomic E-state index is 10.8. The van der Waals surface area contributed by atoms with Crippen molar-refractivity contribution in [3.63, 3.8) is 0 Å². The van der Waals surface area contributed by atoms with E-state index < -0.39 is 5.97 Å². The molecule has 2 heterocycles. The van der Waals surface area contributed by atoms with Crippen LogP contribution in [0.25, 0.3) is 0 Å². The van der Waals surface area contributed by atoms with Gasteiger partial charge in [-0.05, 0) is 62.0 Å². The van der Waals surface area contributed by atoms with Crippen LogP contribution in [0.5, 0.6) is 0 Å². The third-order valence-corrected chi connectivity index (χ3v) is 5.46. The second-order valence-corrected chi connectivity index (χ2v) is 6.74. The van der Waals surface area contributed by atoms with Gasteiger partial charge < -0.3 is 10.0 Å². The highest BCUT2D eigenvalue weighted by atomic mass is 16.4. The van der Waals surface area contributed by atoms with Gasteiger partial charge >= 0.3 is 5.97 Å². The quantitative estimate of drug-likeness (QED) is 0.927. The fourth-order valence-corrected chi connectivity index (χ4v) is 4.02. The highest BCUT2D eigenvalue weighted by Crippen LogP contribution is 2.47. The van der Waals surface area contributed by atoms with Crippen LogP contribution in [-0.4, -0.2) is 29.1 Å². The average molecular weight is 288 g/mol. The van der Waals surface area contributed by atoms with E-state index in [1.807, 2.05) is 18.5 Å². The lowest BCUT2D eigenvalue weighted by Crippen LogP contribution is -2.42. The van der Waals surface area contributed by atoms with Crippen molar-refractivity contribution >= 4 is 11.7 Å². The van der Waals surface area contributed by atoms with Crippen LogP contribution in [0.15, 0.2) is 24.5 Å². The molecule has 1 aromatic rings. The fraction of sp³-hybridized carbons (Fsp3) is 0.647. The minimum Gasteiger partial charge on any atom is -0.481 e. The normalized spacial score (nSPS) is 22.4. The zero-order valence-electron chi connectivity index (χ0n) is 12.5. The lowest BCUT2D eigenvalue weighted by atomic mass is 9.65. The highest BCUT2D eigenvalue weighted by Gasteiger charge is 2.38. The van der Waals surface area contributed by atoms with E-state index in [4.69, 9.17) is 5.11 Å². The number of nitrogens with zero attached hydrogens (tertiary/aromatic N) is 2. The molecule has 0 aromatic carbocycles. The van der Waals surface area contributed by atoms with E-state index in [-0.39, 0.29) is 0 Å². The van der Waals surface area contributed by atoms with Gasteiger partial charge in [0.2, 0.25) is 0 Å². The Balaban J connectivity index is 1.53. The highest BCUT2D eigenvalue weighted by molar-refractivity contribution is 5.67. The third-order valence-electron chi connectivity index (χ3n) is 5.46. The van der Waals surface area contributed by atoms with E-state index in [0.717, 1.165) is 25.9 Å². The molecule has 2 fully saturated rings. The number of piperidine rings is 1. The van der Waals surface area contributed by atoms with Gasteiger partial charge in [0, 0.05) is 25.7 Å². The van der Waals surface area contributed by atoms with Gasteiger partial charge in [-0.1, -0.05) is 0 Å². The summed E-state index contributed by atoms with van der Waals surface area (Å²) in [6.07, 6.45) is 11.2. The number of aliphatic carboxylic acids is 1. The van der Waals surface area contributed by atoms with Crippen LogP contribution in [0.4, 0.5) is 5.69 Å². The molecule has 0 amide bonds. The number of hydrogen-bond donors (Lipinski definition) is 1. The molecule has 4 heteroatoms. The molecule has 3 rings (SSSR count). The Labute approximate surface area is 126 Å². The Kier molecular flexibility index (Phi) is 4.13. The molecule has 1 aliphatic carbocycles. The molecule has 1 aliphatic heterocycles. The predicted octanol–water partition coefficient (Wildman–Crippen LogP) is 3.33. The Bertz CT molecular complexity index is 471. The van der Waals surface area contributed by atoms with Gasteiger partial charge in [-0.3, -0.25) is 9.78 Å². The first kappa shape index (κ1) is 14.4. The summed E-state index contributed by atoms with van der Waals surface area (Å²) in [7, 11) is 0. The van der Waals surface area contributed by atoms with E-state index in [1.54, 1.807) is 0 Å². The fourth-order valence-electron chi connectivity index (χ4n) is 4.02. The van der Waals surface area contributed by atoms with Crippen LogP contribution in [0.2, 0.25) is 0 Å². The van der Waals surface area contributed by atoms with Gasteiger partial charge in [0.1, 0.15) is 0 Å². The van der Waals surface area contributed by atoms with Gasteiger partial charge in [0.25, 0.3) is 0 Å². The smallest absolute Gasteiger partial charge is 0.303 e. The number of pyridine rings is 1. The molecule has 1 aromatic heterocycles. The summed E-state index contributed by atoms with van der Waals surface area (Å²) < 4.78 is 0. The monoisotopic (exact) mass is 288 g/mol. The topological polar surface area (TPSA) is 53.4 Å². The summed E-state index contributed by atoms with van der Waals surface area (Å²) in [5.74, 6) is -0.230. The van der Waals surface area contributed by atoms with Gasteiger partial charge in [0.15, 0.2) is 0 Å². The molecule has 2 aliphatic rings. The molecule has 4 nitrogen and oxygen atoms in total. The van der Waals surface area contributed by atoms with Crippen LogP contribution in [0.1, 0.15) is 44.9 Å². The van der Waals surface area contributed by atoms with Crippen molar-refractivity contribution < 1.29 is 9.90 Å². The Hall–Kier alpha value is -1.58. The van der Waals surface area contributed by atoms with Crippen molar-refractivity contribution in [3.05, 3.63) is 24.5 Å². The summed E-state index contributed by atoms with van der Waals surface area (Å²) in [5, 5.41) is 8.92. The number of anilines is 1. The molecule has 1 saturated heterocycles. The lowest BCUT2D eigenvalue weighted by Gasteiger charge is -2.46. The lowest BCUT2D eigenvalue weighted by molar-refractivity contribution is -0.138. The van der Waals surface area contributed by atoms with E-state index in [0.29, 0.717) is 17.8 Å². The van der Waals surface area contributed by atoms with E-state index in [1.165, 1.54) is 31.4 Å². The van der Waals surface area contributed by atoms with E-state index in [9.17, 15) is 4.79 Å². The van der Waals surface area contributed by atoms with E-state index >= 15 is 0 Å². The van der Waals surface area contributed by atoms with Crippen molar-refractivity contribution in [1.29, 1.82) is 0 Å². The van der Waals surface area contributed by atoms with Gasteiger partial charge in [-0.15, -0.1) is 0 Å². The van der Waals surface area contributed by atoms with Crippen molar-refractivity contribution in [1.82, 2.24) is 4.98 Å². The molecule has 1 saturated carbocycles. The van der Waals surface area contributed by atoms with E-state index in [2.05, 4.69) is 16.0 Å². The second-order valence-electron chi connectivity index (χ2n) is 6.74. The van der Waals surface area contributed by atoms with Gasteiger partial charge in [-0.2, -0.15) is 0 Å². The van der Waals surface area contributed by atoms with Gasteiger partial charge in [0.05, 0.1) is 11.9 Å².